The smallest absolute Gasteiger partial charge is 0.320 e. The highest BCUT2D eigenvalue weighted by Gasteiger charge is 2.30. The van der Waals surface area contributed by atoms with Crippen LogP contribution in [0.4, 0.5) is 0 Å². The van der Waals surface area contributed by atoms with Crippen molar-refractivity contribution in [1.82, 2.24) is 4.90 Å². The number of hydrogen-bond donors (Lipinski definition) is 2. The van der Waals surface area contributed by atoms with E-state index in [4.69, 9.17) is 10.8 Å². The van der Waals surface area contributed by atoms with Crippen LogP contribution in [0.15, 0.2) is 0 Å². The molecule has 0 aromatic heterocycles. The van der Waals surface area contributed by atoms with Gasteiger partial charge in [0, 0.05) is 19.1 Å². The molecule has 0 radical (unpaired) electrons. The van der Waals surface area contributed by atoms with E-state index in [9.17, 15) is 4.79 Å². The Morgan fingerprint density at radius 1 is 1.71 bits per heavy atom. The highest BCUT2D eigenvalue weighted by molar-refractivity contribution is 5.72. The Balaban J connectivity index is 2.54. The minimum atomic E-state index is -0.740. The third kappa shape index (κ3) is 2.45. The molecular formula is C10H20N2O2. The zero-order valence-electron chi connectivity index (χ0n) is 8.94. The second-order valence-corrected chi connectivity index (χ2v) is 4.13. The fourth-order valence-electron chi connectivity index (χ4n) is 2.02. The fourth-order valence-corrected chi connectivity index (χ4v) is 2.02. The zero-order valence-corrected chi connectivity index (χ0v) is 8.94. The van der Waals surface area contributed by atoms with Gasteiger partial charge >= 0.3 is 5.97 Å². The lowest BCUT2D eigenvalue weighted by Gasteiger charge is -2.38. The quantitative estimate of drug-likeness (QED) is 0.697. The molecular weight excluding hydrogens is 180 g/mol. The summed E-state index contributed by atoms with van der Waals surface area (Å²) < 4.78 is 0. The van der Waals surface area contributed by atoms with Gasteiger partial charge in [-0.25, -0.2) is 0 Å². The molecule has 1 aliphatic heterocycles. The molecule has 1 aliphatic rings. The average Bonchev–Trinajstić information content (AvgIpc) is 2.17. The predicted molar refractivity (Wildman–Crippen MR) is 55.0 cm³/mol. The number of aliphatic carboxylic acids is 1. The molecule has 3 N–H and O–H groups in total. The number of rotatable bonds is 3. The second kappa shape index (κ2) is 4.75. The van der Waals surface area contributed by atoms with Crippen LogP contribution in [0, 0.1) is 5.92 Å². The minimum Gasteiger partial charge on any atom is -0.480 e. The Morgan fingerprint density at radius 2 is 2.36 bits per heavy atom. The first-order valence-corrected chi connectivity index (χ1v) is 5.28. The van der Waals surface area contributed by atoms with Crippen LogP contribution in [0.3, 0.4) is 0 Å². The highest BCUT2D eigenvalue weighted by atomic mass is 16.4. The van der Waals surface area contributed by atoms with Crippen LogP contribution in [0.1, 0.15) is 26.7 Å². The summed E-state index contributed by atoms with van der Waals surface area (Å²) in [6, 6.07) is -0.131. The van der Waals surface area contributed by atoms with Crippen molar-refractivity contribution in [2.45, 2.75) is 38.8 Å². The first-order chi connectivity index (χ1) is 6.56. The van der Waals surface area contributed by atoms with Crippen molar-refractivity contribution in [2.24, 2.45) is 11.7 Å². The largest absolute Gasteiger partial charge is 0.480 e. The fraction of sp³-hybridized carbons (Fsp3) is 0.900. The number of nitrogens with two attached hydrogens (primary N) is 1. The molecule has 0 aliphatic carbocycles. The molecule has 0 amide bonds. The van der Waals surface area contributed by atoms with E-state index in [1.54, 1.807) is 6.92 Å². The minimum absolute atomic E-state index is 0.247. The maximum Gasteiger partial charge on any atom is 0.320 e. The summed E-state index contributed by atoms with van der Waals surface area (Å²) >= 11 is 0. The van der Waals surface area contributed by atoms with Crippen LogP contribution in [-0.2, 0) is 4.79 Å². The van der Waals surface area contributed by atoms with Crippen LogP contribution in [-0.4, -0.2) is 41.1 Å². The van der Waals surface area contributed by atoms with Crippen LogP contribution in [0.2, 0.25) is 0 Å². The van der Waals surface area contributed by atoms with Crippen molar-refractivity contribution in [1.29, 1.82) is 0 Å². The molecule has 0 aromatic carbocycles. The number of carbonyl (C=O) groups is 1. The molecule has 1 heterocycles. The van der Waals surface area contributed by atoms with Crippen molar-refractivity contribution in [3.8, 4) is 0 Å². The van der Waals surface area contributed by atoms with Gasteiger partial charge < -0.3 is 10.8 Å². The molecule has 0 bridgehead atoms. The first kappa shape index (κ1) is 11.5. The van der Waals surface area contributed by atoms with Gasteiger partial charge in [-0.3, -0.25) is 9.69 Å². The third-order valence-corrected chi connectivity index (χ3v) is 3.25. The van der Waals surface area contributed by atoms with Crippen molar-refractivity contribution in [3.63, 3.8) is 0 Å². The maximum absolute atomic E-state index is 10.8. The van der Waals surface area contributed by atoms with E-state index in [-0.39, 0.29) is 12.1 Å². The Morgan fingerprint density at radius 3 is 2.86 bits per heavy atom. The Hall–Kier alpha value is -0.610. The summed E-state index contributed by atoms with van der Waals surface area (Å²) in [5.74, 6) is -0.291. The number of likely N-dealkylation sites (tertiary alicyclic amines) is 1. The van der Waals surface area contributed by atoms with Crippen molar-refractivity contribution >= 4 is 5.97 Å². The molecule has 1 saturated heterocycles. The molecule has 0 spiro atoms. The lowest BCUT2D eigenvalue weighted by atomic mass is 9.90. The topological polar surface area (TPSA) is 66.6 Å². The highest BCUT2D eigenvalue weighted by Crippen LogP contribution is 2.20. The van der Waals surface area contributed by atoms with Crippen LogP contribution in [0.5, 0.6) is 0 Å². The van der Waals surface area contributed by atoms with E-state index in [2.05, 4.69) is 6.92 Å². The van der Waals surface area contributed by atoms with E-state index in [1.165, 1.54) is 0 Å². The van der Waals surface area contributed by atoms with Gasteiger partial charge in [-0.1, -0.05) is 13.3 Å². The molecule has 0 aromatic rings. The van der Waals surface area contributed by atoms with Gasteiger partial charge in [-0.2, -0.15) is 0 Å². The molecule has 1 fully saturated rings. The standard InChI is InChI=1S/C10H20N2O2/c1-3-8-6-12(5-4-9(8)11)7(2)10(13)14/h7-9H,3-6,11H2,1-2H3,(H,13,14). The summed E-state index contributed by atoms with van der Waals surface area (Å²) in [5.41, 5.74) is 5.95. The zero-order chi connectivity index (χ0) is 10.7. The summed E-state index contributed by atoms with van der Waals surface area (Å²) in [5, 5.41) is 8.89. The summed E-state index contributed by atoms with van der Waals surface area (Å²) in [4.78, 5) is 12.8. The third-order valence-electron chi connectivity index (χ3n) is 3.25. The van der Waals surface area contributed by atoms with Crippen molar-refractivity contribution in [2.75, 3.05) is 13.1 Å². The maximum atomic E-state index is 10.8. The van der Waals surface area contributed by atoms with E-state index in [0.717, 1.165) is 25.9 Å². The van der Waals surface area contributed by atoms with Gasteiger partial charge in [-0.05, 0) is 19.3 Å². The van der Waals surface area contributed by atoms with Gasteiger partial charge in [0.25, 0.3) is 0 Å². The Labute approximate surface area is 85.1 Å². The predicted octanol–water partition coefficient (Wildman–Crippen LogP) is 0.519. The van der Waals surface area contributed by atoms with Crippen LogP contribution >= 0.6 is 0 Å². The second-order valence-electron chi connectivity index (χ2n) is 4.13. The lowest BCUT2D eigenvalue weighted by molar-refractivity contribution is -0.143. The van der Waals surface area contributed by atoms with Crippen molar-refractivity contribution < 1.29 is 9.90 Å². The van der Waals surface area contributed by atoms with E-state index in [1.807, 2.05) is 4.90 Å². The molecule has 3 unspecified atom stereocenters. The molecule has 0 saturated carbocycles. The van der Waals surface area contributed by atoms with Crippen LogP contribution < -0.4 is 5.73 Å². The lowest BCUT2D eigenvalue weighted by Crippen LogP contribution is -2.51. The Bertz CT molecular complexity index is 208. The SMILES string of the molecule is CCC1CN(C(C)C(=O)O)CCC1N. The molecule has 14 heavy (non-hydrogen) atoms. The van der Waals surface area contributed by atoms with Gasteiger partial charge in [-0.15, -0.1) is 0 Å². The number of hydrogen-bond acceptors (Lipinski definition) is 3. The average molecular weight is 200 g/mol. The Kier molecular flexibility index (Phi) is 3.89. The molecule has 4 heteroatoms. The summed E-state index contributed by atoms with van der Waals surface area (Å²) in [6.07, 6.45) is 1.94. The molecule has 1 rings (SSSR count). The van der Waals surface area contributed by atoms with E-state index in [0.29, 0.717) is 5.92 Å². The monoisotopic (exact) mass is 200 g/mol. The van der Waals surface area contributed by atoms with E-state index < -0.39 is 5.97 Å². The number of carboxylic acids is 1. The summed E-state index contributed by atoms with van der Waals surface area (Å²) in [7, 11) is 0. The first-order valence-electron chi connectivity index (χ1n) is 5.28. The van der Waals surface area contributed by atoms with Gasteiger partial charge in [0.05, 0.1) is 0 Å². The molecule has 3 atom stereocenters. The normalized spacial score (nSPS) is 31.4. The number of piperidine rings is 1. The number of nitrogens with zero attached hydrogens (tertiary/aromatic N) is 1. The number of carboxylic acid groups (broad SMARTS) is 1. The van der Waals surface area contributed by atoms with Gasteiger partial charge in [0.15, 0.2) is 0 Å². The molecule has 4 nitrogen and oxygen atoms in total. The molecule has 82 valence electrons. The van der Waals surface area contributed by atoms with E-state index >= 15 is 0 Å². The van der Waals surface area contributed by atoms with Crippen LogP contribution in [0.25, 0.3) is 0 Å². The van der Waals surface area contributed by atoms with Gasteiger partial charge in [0.1, 0.15) is 6.04 Å². The van der Waals surface area contributed by atoms with Crippen molar-refractivity contribution in [3.05, 3.63) is 0 Å². The summed E-state index contributed by atoms with van der Waals surface area (Å²) in [6.45, 7) is 5.49. The van der Waals surface area contributed by atoms with Gasteiger partial charge in [0.2, 0.25) is 0 Å².